The molecule has 1 aliphatic rings. The highest BCUT2D eigenvalue weighted by Crippen LogP contribution is 2.21. The van der Waals surface area contributed by atoms with Crippen LogP contribution < -0.4 is 5.32 Å². The minimum Gasteiger partial charge on any atom is -0.349 e. The van der Waals surface area contributed by atoms with Gasteiger partial charge in [-0.1, -0.05) is 6.42 Å². The number of rotatable bonds is 4. The summed E-state index contributed by atoms with van der Waals surface area (Å²) in [5.74, 6) is -0.0865. The average molecular weight is 273 g/mol. The van der Waals surface area contributed by atoms with Crippen LogP contribution >= 0.6 is 0 Å². The molecule has 0 fully saturated rings. The molecule has 2 aromatic rings. The fourth-order valence-electron chi connectivity index (χ4n) is 2.65. The maximum atomic E-state index is 12.2. The number of fused-ring (bicyclic) bond motifs is 1. The number of aromatic nitrogens is 4. The van der Waals surface area contributed by atoms with Gasteiger partial charge in [-0.2, -0.15) is 10.2 Å². The molecule has 1 amide bonds. The summed E-state index contributed by atoms with van der Waals surface area (Å²) in [6.07, 6.45) is 9.11. The first-order valence-electron chi connectivity index (χ1n) is 7.16. The van der Waals surface area contributed by atoms with Gasteiger partial charge in [-0.3, -0.25) is 14.6 Å². The van der Waals surface area contributed by atoms with Gasteiger partial charge in [-0.25, -0.2) is 0 Å². The monoisotopic (exact) mass is 273 g/mol. The summed E-state index contributed by atoms with van der Waals surface area (Å²) in [5.41, 5.74) is 2.82. The first-order chi connectivity index (χ1) is 9.84. The van der Waals surface area contributed by atoms with Gasteiger partial charge in [-0.05, 0) is 31.7 Å². The second-order valence-corrected chi connectivity index (χ2v) is 5.12. The molecule has 0 radical (unpaired) electrons. The van der Waals surface area contributed by atoms with Gasteiger partial charge in [0.25, 0.3) is 5.91 Å². The highest BCUT2D eigenvalue weighted by atomic mass is 16.1. The van der Waals surface area contributed by atoms with Gasteiger partial charge < -0.3 is 5.32 Å². The van der Waals surface area contributed by atoms with Crippen molar-refractivity contribution in [1.82, 2.24) is 25.3 Å². The van der Waals surface area contributed by atoms with Crippen LogP contribution in [-0.4, -0.2) is 32.4 Å². The van der Waals surface area contributed by atoms with E-state index < -0.39 is 0 Å². The zero-order chi connectivity index (χ0) is 13.8. The number of nitrogens with one attached hydrogen (secondary N) is 2. The van der Waals surface area contributed by atoms with Crippen LogP contribution in [0.3, 0.4) is 0 Å². The summed E-state index contributed by atoms with van der Waals surface area (Å²) in [4.78, 5) is 12.2. The number of nitrogens with zero attached hydrogens (tertiary/aromatic N) is 3. The molecule has 0 aliphatic heterocycles. The first-order valence-corrected chi connectivity index (χ1v) is 7.16. The highest BCUT2D eigenvalue weighted by Gasteiger charge is 2.20. The number of carbonyl (C=O) groups is 1. The van der Waals surface area contributed by atoms with Gasteiger partial charge in [-0.15, -0.1) is 0 Å². The molecule has 0 spiro atoms. The number of aryl methyl sites for hydroxylation is 1. The van der Waals surface area contributed by atoms with Crippen LogP contribution in [0.1, 0.15) is 41.0 Å². The van der Waals surface area contributed by atoms with Gasteiger partial charge >= 0.3 is 0 Å². The van der Waals surface area contributed by atoms with Crippen molar-refractivity contribution < 1.29 is 4.79 Å². The van der Waals surface area contributed by atoms with Gasteiger partial charge in [0.1, 0.15) is 0 Å². The van der Waals surface area contributed by atoms with E-state index in [4.69, 9.17) is 0 Å². The Kier molecular flexibility index (Phi) is 3.80. The van der Waals surface area contributed by atoms with Crippen LogP contribution in [0.4, 0.5) is 0 Å². The lowest BCUT2D eigenvalue weighted by Crippen LogP contribution is -2.28. The SMILES string of the molecule is O=C(NCCn1cccn1)c1n[nH]c2c1CCCCC2. The van der Waals surface area contributed by atoms with E-state index in [1.165, 1.54) is 12.8 Å². The molecule has 2 N–H and O–H groups in total. The molecule has 3 rings (SSSR count). The molecular formula is C14H19N5O. The van der Waals surface area contributed by atoms with E-state index in [0.717, 1.165) is 30.5 Å². The first kappa shape index (κ1) is 12.9. The van der Waals surface area contributed by atoms with Gasteiger partial charge in [0.2, 0.25) is 0 Å². The van der Waals surface area contributed by atoms with Crippen molar-refractivity contribution in [3.8, 4) is 0 Å². The standard InChI is InChI=1S/C14H19N5O/c20-14(15-8-10-19-9-4-7-16-19)13-11-5-2-1-3-6-12(11)17-18-13/h4,7,9H,1-3,5-6,8,10H2,(H,15,20)(H,17,18). The number of H-pyrrole nitrogens is 1. The molecule has 6 heteroatoms. The second kappa shape index (κ2) is 5.90. The largest absolute Gasteiger partial charge is 0.349 e. The Morgan fingerprint density at radius 2 is 2.25 bits per heavy atom. The van der Waals surface area contributed by atoms with E-state index in [9.17, 15) is 4.79 Å². The van der Waals surface area contributed by atoms with Crippen molar-refractivity contribution in [2.75, 3.05) is 6.54 Å². The second-order valence-electron chi connectivity index (χ2n) is 5.12. The Balaban J connectivity index is 1.61. The Morgan fingerprint density at radius 1 is 1.35 bits per heavy atom. The van der Waals surface area contributed by atoms with E-state index in [-0.39, 0.29) is 5.91 Å². The normalized spacial score (nSPS) is 14.6. The summed E-state index contributed by atoms with van der Waals surface area (Å²) in [7, 11) is 0. The van der Waals surface area contributed by atoms with Crippen molar-refractivity contribution >= 4 is 5.91 Å². The summed E-state index contributed by atoms with van der Waals surface area (Å²) in [6, 6.07) is 1.87. The molecule has 6 nitrogen and oxygen atoms in total. The lowest BCUT2D eigenvalue weighted by atomic mass is 10.1. The Hall–Kier alpha value is -2.11. The smallest absolute Gasteiger partial charge is 0.272 e. The molecule has 106 valence electrons. The maximum absolute atomic E-state index is 12.2. The molecule has 1 aliphatic carbocycles. The molecule has 20 heavy (non-hydrogen) atoms. The van der Waals surface area contributed by atoms with Crippen LogP contribution in [-0.2, 0) is 19.4 Å². The van der Waals surface area contributed by atoms with Crippen LogP contribution in [0, 0.1) is 0 Å². The Bertz CT molecular complexity index is 572. The van der Waals surface area contributed by atoms with Gasteiger partial charge in [0.05, 0.1) is 6.54 Å². The predicted molar refractivity (Wildman–Crippen MR) is 74.4 cm³/mol. The molecule has 0 saturated heterocycles. The number of carbonyl (C=O) groups excluding carboxylic acids is 1. The Morgan fingerprint density at radius 3 is 3.10 bits per heavy atom. The molecule has 0 unspecified atom stereocenters. The third-order valence-electron chi connectivity index (χ3n) is 3.71. The van der Waals surface area contributed by atoms with Crippen molar-refractivity contribution in [3.63, 3.8) is 0 Å². The predicted octanol–water partition coefficient (Wildman–Crippen LogP) is 1.31. The molecule has 0 bridgehead atoms. The van der Waals surface area contributed by atoms with Crippen LogP contribution in [0.2, 0.25) is 0 Å². The van der Waals surface area contributed by atoms with E-state index in [2.05, 4.69) is 20.6 Å². The van der Waals surface area contributed by atoms with Crippen molar-refractivity contribution in [2.24, 2.45) is 0 Å². The summed E-state index contributed by atoms with van der Waals surface area (Å²) >= 11 is 0. The van der Waals surface area contributed by atoms with Crippen molar-refractivity contribution in [2.45, 2.75) is 38.6 Å². The maximum Gasteiger partial charge on any atom is 0.272 e. The van der Waals surface area contributed by atoms with E-state index >= 15 is 0 Å². The average Bonchev–Trinajstić information content (AvgIpc) is 3.04. The van der Waals surface area contributed by atoms with Crippen LogP contribution in [0.15, 0.2) is 18.5 Å². The zero-order valence-electron chi connectivity index (χ0n) is 11.4. The lowest BCUT2D eigenvalue weighted by Gasteiger charge is -2.05. The van der Waals surface area contributed by atoms with E-state index in [1.54, 1.807) is 10.9 Å². The minimum atomic E-state index is -0.0865. The van der Waals surface area contributed by atoms with E-state index in [1.807, 2.05) is 12.3 Å². The number of aromatic amines is 1. The summed E-state index contributed by atoms with van der Waals surface area (Å²) in [5, 5.41) is 14.2. The molecular weight excluding hydrogens is 254 g/mol. The topological polar surface area (TPSA) is 75.6 Å². The quantitative estimate of drug-likeness (QED) is 0.825. The minimum absolute atomic E-state index is 0.0865. The van der Waals surface area contributed by atoms with Crippen molar-refractivity contribution in [1.29, 1.82) is 0 Å². The number of amides is 1. The third-order valence-corrected chi connectivity index (χ3v) is 3.71. The van der Waals surface area contributed by atoms with Crippen LogP contribution in [0.5, 0.6) is 0 Å². The molecule has 0 saturated carbocycles. The van der Waals surface area contributed by atoms with Crippen LogP contribution in [0.25, 0.3) is 0 Å². The highest BCUT2D eigenvalue weighted by molar-refractivity contribution is 5.93. The number of hydrogen-bond donors (Lipinski definition) is 2. The zero-order valence-corrected chi connectivity index (χ0v) is 11.4. The molecule has 0 aromatic carbocycles. The summed E-state index contributed by atoms with van der Waals surface area (Å²) in [6.45, 7) is 1.23. The third kappa shape index (κ3) is 2.74. The fourth-order valence-corrected chi connectivity index (χ4v) is 2.65. The lowest BCUT2D eigenvalue weighted by molar-refractivity contribution is 0.0946. The fraction of sp³-hybridized carbons (Fsp3) is 0.500. The van der Waals surface area contributed by atoms with Gasteiger partial charge in [0, 0.05) is 30.2 Å². The van der Waals surface area contributed by atoms with E-state index in [0.29, 0.717) is 18.8 Å². The molecule has 0 atom stereocenters. The van der Waals surface area contributed by atoms with Crippen molar-refractivity contribution in [3.05, 3.63) is 35.4 Å². The molecule has 2 aromatic heterocycles. The summed E-state index contributed by atoms with van der Waals surface area (Å²) < 4.78 is 1.80. The Labute approximate surface area is 117 Å². The van der Waals surface area contributed by atoms with Gasteiger partial charge in [0.15, 0.2) is 5.69 Å². The number of hydrogen-bond acceptors (Lipinski definition) is 3. The molecule has 2 heterocycles.